The highest BCUT2D eigenvalue weighted by Gasteiger charge is 2.19. The zero-order chi connectivity index (χ0) is 11.1. The Bertz CT molecular complexity index is 547. The molecule has 0 spiro atoms. The van der Waals surface area contributed by atoms with Crippen LogP contribution in [0.3, 0.4) is 0 Å². The molecule has 2 aromatic rings. The molecule has 0 unspecified atom stereocenters. The first-order valence-corrected chi connectivity index (χ1v) is 5.75. The van der Waals surface area contributed by atoms with Gasteiger partial charge in [-0.1, -0.05) is 11.6 Å². The highest BCUT2D eigenvalue weighted by molar-refractivity contribution is 6.35. The summed E-state index contributed by atoms with van der Waals surface area (Å²) in [6.07, 6.45) is 1.02. The zero-order valence-corrected chi connectivity index (χ0v) is 9.82. The number of rotatable bonds is 1. The van der Waals surface area contributed by atoms with Crippen LogP contribution in [0.1, 0.15) is 11.3 Å². The van der Waals surface area contributed by atoms with Crippen LogP contribution >= 0.6 is 11.6 Å². The molecule has 2 heterocycles. The number of halogens is 1. The summed E-state index contributed by atoms with van der Waals surface area (Å²) >= 11 is 6.20. The molecule has 0 atom stereocenters. The number of ether oxygens (including phenoxy) is 1. The lowest BCUT2D eigenvalue weighted by atomic mass is 10.1. The SMILES string of the molecule is COc1ccc(Cl)c2[nH]c3c(c12)CNCC3. The molecule has 16 heavy (non-hydrogen) atoms. The van der Waals surface area contributed by atoms with Crippen LogP contribution in [0.15, 0.2) is 12.1 Å². The number of aromatic nitrogens is 1. The molecule has 0 radical (unpaired) electrons. The van der Waals surface area contributed by atoms with Crippen LogP contribution in [0.2, 0.25) is 5.02 Å². The molecule has 0 saturated carbocycles. The third-order valence-electron chi connectivity index (χ3n) is 3.13. The maximum atomic E-state index is 6.20. The second-order valence-electron chi connectivity index (χ2n) is 4.01. The van der Waals surface area contributed by atoms with Gasteiger partial charge in [0.05, 0.1) is 17.6 Å². The smallest absolute Gasteiger partial charge is 0.128 e. The first-order valence-electron chi connectivity index (χ1n) is 5.38. The maximum absolute atomic E-state index is 6.20. The molecule has 4 heteroatoms. The van der Waals surface area contributed by atoms with E-state index in [1.54, 1.807) is 7.11 Å². The third kappa shape index (κ3) is 1.32. The number of nitrogens with one attached hydrogen (secondary N) is 2. The van der Waals surface area contributed by atoms with Crippen LogP contribution in [0.4, 0.5) is 0 Å². The van der Waals surface area contributed by atoms with Crippen molar-refractivity contribution in [1.29, 1.82) is 0 Å². The van der Waals surface area contributed by atoms with Crippen molar-refractivity contribution in [2.24, 2.45) is 0 Å². The highest BCUT2D eigenvalue weighted by Crippen LogP contribution is 2.36. The second-order valence-corrected chi connectivity index (χ2v) is 4.42. The Labute approximate surface area is 98.7 Å². The monoisotopic (exact) mass is 236 g/mol. The Balaban J connectivity index is 2.37. The van der Waals surface area contributed by atoms with E-state index in [0.29, 0.717) is 0 Å². The quantitative estimate of drug-likeness (QED) is 0.798. The summed E-state index contributed by atoms with van der Waals surface area (Å²) in [6.45, 7) is 1.89. The number of H-pyrrole nitrogens is 1. The van der Waals surface area contributed by atoms with Gasteiger partial charge >= 0.3 is 0 Å². The minimum absolute atomic E-state index is 0.755. The van der Waals surface area contributed by atoms with Gasteiger partial charge in [0, 0.05) is 30.6 Å². The molecule has 1 aliphatic heterocycles. The Morgan fingerprint density at radius 3 is 3.06 bits per heavy atom. The van der Waals surface area contributed by atoms with Crippen LogP contribution < -0.4 is 10.1 Å². The summed E-state index contributed by atoms with van der Waals surface area (Å²) in [5.74, 6) is 0.889. The molecule has 2 N–H and O–H groups in total. The van der Waals surface area contributed by atoms with Crippen molar-refractivity contribution in [2.45, 2.75) is 13.0 Å². The molecule has 1 aromatic heterocycles. The maximum Gasteiger partial charge on any atom is 0.128 e. The fourth-order valence-electron chi connectivity index (χ4n) is 2.36. The molecule has 0 fully saturated rings. The molecule has 0 bridgehead atoms. The first-order chi connectivity index (χ1) is 7.81. The van der Waals surface area contributed by atoms with Gasteiger partial charge in [-0.05, 0) is 17.7 Å². The van der Waals surface area contributed by atoms with E-state index < -0.39 is 0 Å². The third-order valence-corrected chi connectivity index (χ3v) is 3.45. The molecule has 0 aliphatic carbocycles. The van der Waals surface area contributed by atoms with Crippen molar-refractivity contribution in [3.8, 4) is 5.75 Å². The van der Waals surface area contributed by atoms with Crippen LogP contribution in [-0.4, -0.2) is 18.6 Å². The Morgan fingerprint density at radius 2 is 2.25 bits per heavy atom. The molecule has 0 amide bonds. The van der Waals surface area contributed by atoms with E-state index in [1.165, 1.54) is 11.3 Å². The standard InChI is InChI=1S/C12H13ClN2O/c1-16-10-3-2-8(13)12-11(10)7-6-14-5-4-9(7)15-12/h2-3,14-15H,4-6H2,1H3. The van der Waals surface area contributed by atoms with Gasteiger partial charge in [-0.25, -0.2) is 0 Å². The van der Waals surface area contributed by atoms with Crippen molar-refractivity contribution < 1.29 is 4.74 Å². The number of benzene rings is 1. The van der Waals surface area contributed by atoms with Crippen molar-refractivity contribution >= 4 is 22.5 Å². The number of fused-ring (bicyclic) bond motifs is 3. The lowest BCUT2D eigenvalue weighted by Crippen LogP contribution is -2.22. The van der Waals surface area contributed by atoms with E-state index in [0.717, 1.165) is 41.2 Å². The summed E-state index contributed by atoms with van der Waals surface area (Å²) in [4.78, 5) is 3.41. The highest BCUT2D eigenvalue weighted by atomic mass is 35.5. The lowest BCUT2D eigenvalue weighted by molar-refractivity contribution is 0.419. The molecule has 3 nitrogen and oxygen atoms in total. The fraction of sp³-hybridized carbons (Fsp3) is 0.333. The van der Waals surface area contributed by atoms with Crippen LogP contribution in [0.5, 0.6) is 5.75 Å². The minimum Gasteiger partial charge on any atom is -0.496 e. The first kappa shape index (κ1) is 10.00. The Morgan fingerprint density at radius 1 is 1.38 bits per heavy atom. The molecule has 0 saturated heterocycles. The summed E-state index contributed by atoms with van der Waals surface area (Å²) in [5.41, 5.74) is 3.57. The van der Waals surface area contributed by atoms with E-state index in [2.05, 4.69) is 10.3 Å². The Kier molecular flexibility index (Phi) is 2.30. The number of hydrogen-bond donors (Lipinski definition) is 2. The molecule has 1 aliphatic rings. The van der Waals surface area contributed by atoms with Crippen LogP contribution in [0.25, 0.3) is 10.9 Å². The van der Waals surface area contributed by atoms with Gasteiger partial charge in [0.15, 0.2) is 0 Å². The van der Waals surface area contributed by atoms with Crippen molar-refractivity contribution in [3.05, 3.63) is 28.4 Å². The van der Waals surface area contributed by atoms with Gasteiger partial charge in [-0.15, -0.1) is 0 Å². The number of methoxy groups -OCH3 is 1. The van der Waals surface area contributed by atoms with E-state index in [1.807, 2.05) is 12.1 Å². The van der Waals surface area contributed by atoms with Gasteiger partial charge < -0.3 is 15.0 Å². The summed E-state index contributed by atoms with van der Waals surface area (Å²) in [6, 6.07) is 3.80. The van der Waals surface area contributed by atoms with E-state index in [-0.39, 0.29) is 0 Å². The van der Waals surface area contributed by atoms with E-state index in [4.69, 9.17) is 16.3 Å². The van der Waals surface area contributed by atoms with Crippen molar-refractivity contribution in [2.75, 3.05) is 13.7 Å². The normalized spacial score (nSPS) is 15.1. The summed E-state index contributed by atoms with van der Waals surface area (Å²) < 4.78 is 5.40. The molecule has 84 valence electrons. The van der Waals surface area contributed by atoms with Gasteiger partial charge in [0.1, 0.15) is 5.75 Å². The summed E-state index contributed by atoms with van der Waals surface area (Å²) in [5, 5.41) is 5.25. The van der Waals surface area contributed by atoms with Gasteiger partial charge in [-0.3, -0.25) is 0 Å². The number of aromatic amines is 1. The molecular formula is C12H13ClN2O. The average molecular weight is 237 g/mol. The van der Waals surface area contributed by atoms with Crippen LogP contribution in [0, 0.1) is 0 Å². The average Bonchev–Trinajstić information content (AvgIpc) is 2.70. The van der Waals surface area contributed by atoms with E-state index in [9.17, 15) is 0 Å². The fourth-order valence-corrected chi connectivity index (χ4v) is 2.57. The zero-order valence-electron chi connectivity index (χ0n) is 9.06. The van der Waals surface area contributed by atoms with E-state index >= 15 is 0 Å². The topological polar surface area (TPSA) is 37.0 Å². The predicted molar refractivity (Wildman–Crippen MR) is 65.3 cm³/mol. The molecule has 3 rings (SSSR count). The van der Waals surface area contributed by atoms with Gasteiger partial charge in [-0.2, -0.15) is 0 Å². The molecule has 1 aromatic carbocycles. The minimum atomic E-state index is 0.755. The van der Waals surface area contributed by atoms with Crippen molar-refractivity contribution in [1.82, 2.24) is 10.3 Å². The van der Waals surface area contributed by atoms with Gasteiger partial charge in [0.25, 0.3) is 0 Å². The number of hydrogen-bond acceptors (Lipinski definition) is 2. The second kappa shape index (κ2) is 3.68. The largest absolute Gasteiger partial charge is 0.496 e. The van der Waals surface area contributed by atoms with Gasteiger partial charge in [0.2, 0.25) is 0 Å². The van der Waals surface area contributed by atoms with Crippen molar-refractivity contribution in [3.63, 3.8) is 0 Å². The Hall–Kier alpha value is -1.19. The lowest BCUT2D eigenvalue weighted by Gasteiger charge is -2.13. The molecular weight excluding hydrogens is 224 g/mol. The summed E-state index contributed by atoms with van der Waals surface area (Å²) in [7, 11) is 1.69. The predicted octanol–water partition coefficient (Wildman–Crippen LogP) is 2.48. The van der Waals surface area contributed by atoms with Crippen LogP contribution in [-0.2, 0) is 13.0 Å².